The van der Waals surface area contributed by atoms with Gasteiger partial charge in [0.25, 0.3) is 0 Å². The Morgan fingerprint density at radius 2 is 1.82 bits per heavy atom. The monoisotopic (exact) mass is 299 g/mol. The zero-order valence-electron chi connectivity index (χ0n) is 13.3. The van der Waals surface area contributed by atoms with Crippen molar-refractivity contribution in [1.29, 1.82) is 0 Å². The molecule has 3 nitrogen and oxygen atoms in total. The Hall–Kier alpha value is -1.35. The number of nitrogens with zero attached hydrogens (tertiary/aromatic N) is 1. The average Bonchev–Trinajstić information content (AvgIpc) is 2.37. The second-order valence-electron chi connectivity index (χ2n) is 8.26. The zero-order valence-corrected chi connectivity index (χ0v) is 13.3. The number of hydrogen-bond donors (Lipinski definition) is 1. The maximum atomic E-state index is 12.3. The summed E-state index contributed by atoms with van der Waals surface area (Å²) in [6, 6.07) is 10.7. The summed E-state index contributed by atoms with van der Waals surface area (Å²) in [5.41, 5.74) is 1.27. The lowest BCUT2D eigenvalue weighted by Crippen LogP contribution is -2.66. The van der Waals surface area contributed by atoms with E-state index in [1.807, 2.05) is 11.8 Å². The molecule has 118 valence electrons. The van der Waals surface area contributed by atoms with Crippen LogP contribution in [0.4, 0.5) is 0 Å². The van der Waals surface area contributed by atoms with Gasteiger partial charge in [-0.2, -0.15) is 0 Å². The number of likely N-dealkylation sites (tertiary alicyclic amines) is 1. The second kappa shape index (κ2) is 4.82. The summed E-state index contributed by atoms with van der Waals surface area (Å²) in [5, 5.41) is 9.77. The molecule has 2 saturated carbocycles. The molecule has 0 radical (unpaired) electrons. The molecule has 0 atom stereocenters. The first-order valence-electron chi connectivity index (χ1n) is 8.50. The van der Waals surface area contributed by atoms with Crippen LogP contribution < -0.4 is 0 Å². The molecule has 2 aliphatic carbocycles. The largest absolute Gasteiger partial charge is 0.390 e. The molecule has 1 aliphatic heterocycles. The summed E-state index contributed by atoms with van der Waals surface area (Å²) in [6.45, 7) is 3.74. The van der Waals surface area contributed by atoms with E-state index >= 15 is 0 Å². The smallest absolute Gasteiger partial charge is 0.225 e. The third-order valence-electron chi connectivity index (χ3n) is 5.90. The standard InChI is InChI=1S/C19H25NO2/c1-18(22)10-16(11-18)17(21)20-12-19(13-20)8-15(9-19)7-14-5-3-2-4-6-14/h2-6,15-16,22H,7-13H2,1H3/t16-,18+. The fourth-order valence-electron chi connectivity index (χ4n) is 4.87. The van der Waals surface area contributed by atoms with E-state index in [1.54, 1.807) is 0 Å². The summed E-state index contributed by atoms with van der Waals surface area (Å²) in [7, 11) is 0. The minimum atomic E-state index is -0.597. The fourth-order valence-corrected chi connectivity index (χ4v) is 4.87. The van der Waals surface area contributed by atoms with Crippen molar-refractivity contribution in [2.24, 2.45) is 17.3 Å². The summed E-state index contributed by atoms with van der Waals surface area (Å²) in [4.78, 5) is 14.3. The van der Waals surface area contributed by atoms with Crippen LogP contribution in [0.15, 0.2) is 30.3 Å². The first-order chi connectivity index (χ1) is 10.4. The molecule has 0 bridgehead atoms. The van der Waals surface area contributed by atoms with Crippen LogP contribution in [0.2, 0.25) is 0 Å². The van der Waals surface area contributed by atoms with Gasteiger partial charge in [0.05, 0.1) is 5.60 Å². The van der Waals surface area contributed by atoms with Gasteiger partial charge in [-0.15, -0.1) is 0 Å². The normalized spacial score (nSPS) is 33.0. The highest BCUT2D eigenvalue weighted by molar-refractivity contribution is 5.81. The molecule has 3 heteroatoms. The Labute approximate surface area is 132 Å². The van der Waals surface area contributed by atoms with E-state index in [4.69, 9.17) is 0 Å². The van der Waals surface area contributed by atoms with Crippen LogP contribution in [0.25, 0.3) is 0 Å². The van der Waals surface area contributed by atoms with Crippen LogP contribution in [0.3, 0.4) is 0 Å². The van der Waals surface area contributed by atoms with Gasteiger partial charge in [0.15, 0.2) is 0 Å². The second-order valence-corrected chi connectivity index (χ2v) is 8.26. The lowest BCUT2D eigenvalue weighted by Gasteiger charge is -2.60. The number of amides is 1. The highest BCUT2D eigenvalue weighted by Crippen LogP contribution is 2.53. The minimum Gasteiger partial charge on any atom is -0.390 e. The van der Waals surface area contributed by atoms with E-state index in [0.717, 1.165) is 19.0 Å². The highest BCUT2D eigenvalue weighted by Gasteiger charge is 2.55. The molecule has 0 unspecified atom stereocenters. The molecule has 1 amide bonds. The molecule has 1 aromatic carbocycles. The van der Waals surface area contributed by atoms with Crippen molar-refractivity contribution in [3.63, 3.8) is 0 Å². The van der Waals surface area contributed by atoms with E-state index in [0.29, 0.717) is 18.3 Å². The van der Waals surface area contributed by atoms with Crippen LogP contribution in [0.1, 0.15) is 38.2 Å². The lowest BCUT2D eigenvalue weighted by molar-refractivity contribution is -0.171. The van der Waals surface area contributed by atoms with E-state index in [1.165, 1.54) is 24.8 Å². The Bertz CT molecular complexity index is 558. The molecule has 22 heavy (non-hydrogen) atoms. The predicted molar refractivity (Wildman–Crippen MR) is 85.2 cm³/mol. The Morgan fingerprint density at radius 3 is 2.41 bits per heavy atom. The van der Waals surface area contributed by atoms with Crippen molar-refractivity contribution in [3.8, 4) is 0 Å². The van der Waals surface area contributed by atoms with Crippen LogP contribution in [-0.4, -0.2) is 34.6 Å². The first-order valence-corrected chi connectivity index (χ1v) is 8.50. The van der Waals surface area contributed by atoms with Crippen LogP contribution in [-0.2, 0) is 11.2 Å². The van der Waals surface area contributed by atoms with E-state index in [-0.39, 0.29) is 11.8 Å². The fraction of sp³-hybridized carbons (Fsp3) is 0.632. The summed E-state index contributed by atoms with van der Waals surface area (Å²) < 4.78 is 0. The number of rotatable bonds is 3. The van der Waals surface area contributed by atoms with Gasteiger partial charge in [0.1, 0.15) is 0 Å². The summed E-state index contributed by atoms with van der Waals surface area (Å²) in [5.74, 6) is 1.15. The first kappa shape index (κ1) is 14.3. The third kappa shape index (κ3) is 2.45. The number of benzene rings is 1. The molecular weight excluding hydrogens is 274 g/mol. The Kier molecular flexibility index (Phi) is 3.12. The van der Waals surface area contributed by atoms with Gasteiger partial charge in [0.2, 0.25) is 5.91 Å². The number of carbonyl (C=O) groups excluding carboxylic acids is 1. The lowest BCUT2D eigenvalue weighted by atomic mass is 9.56. The SMILES string of the molecule is C[C@]1(O)C[C@@H](C(=O)N2CC3(CC(Cc4ccccc4)C3)C2)C1. The summed E-state index contributed by atoms with van der Waals surface area (Å²) >= 11 is 0. The molecule has 3 aliphatic rings. The van der Waals surface area contributed by atoms with Crippen molar-refractivity contribution in [2.45, 2.75) is 44.6 Å². The quantitative estimate of drug-likeness (QED) is 0.932. The van der Waals surface area contributed by atoms with Gasteiger partial charge in [-0.05, 0) is 50.5 Å². The van der Waals surface area contributed by atoms with Crippen molar-refractivity contribution in [2.75, 3.05) is 13.1 Å². The number of aliphatic hydroxyl groups is 1. The van der Waals surface area contributed by atoms with Crippen molar-refractivity contribution in [3.05, 3.63) is 35.9 Å². The molecule has 1 N–H and O–H groups in total. The van der Waals surface area contributed by atoms with Gasteiger partial charge in [-0.1, -0.05) is 30.3 Å². The maximum Gasteiger partial charge on any atom is 0.225 e. The van der Waals surface area contributed by atoms with E-state index in [9.17, 15) is 9.90 Å². The Balaban J connectivity index is 1.23. The van der Waals surface area contributed by atoms with E-state index < -0.39 is 5.60 Å². The zero-order chi connectivity index (χ0) is 15.4. The van der Waals surface area contributed by atoms with Crippen LogP contribution >= 0.6 is 0 Å². The van der Waals surface area contributed by atoms with Crippen LogP contribution in [0, 0.1) is 17.3 Å². The van der Waals surface area contributed by atoms with Crippen molar-refractivity contribution < 1.29 is 9.90 Å². The van der Waals surface area contributed by atoms with Gasteiger partial charge >= 0.3 is 0 Å². The topological polar surface area (TPSA) is 40.5 Å². The van der Waals surface area contributed by atoms with Crippen LogP contribution in [0.5, 0.6) is 0 Å². The molecule has 3 fully saturated rings. The van der Waals surface area contributed by atoms with Gasteiger partial charge in [-0.25, -0.2) is 0 Å². The van der Waals surface area contributed by atoms with Gasteiger partial charge < -0.3 is 10.0 Å². The number of carbonyl (C=O) groups is 1. The molecular formula is C19H25NO2. The molecule has 1 heterocycles. The Morgan fingerprint density at radius 1 is 1.18 bits per heavy atom. The molecule has 1 saturated heterocycles. The molecule has 1 aromatic rings. The van der Waals surface area contributed by atoms with Gasteiger partial charge in [0, 0.05) is 24.4 Å². The maximum absolute atomic E-state index is 12.3. The minimum absolute atomic E-state index is 0.0764. The number of hydrogen-bond acceptors (Lipinski definition) is 2. The highest BCUT2D eigenvalue weighted by atomic mass is 16.3. The molecule has 0 aromatic heterocycles. The third-order valence-corrected chi connectivity index (χ3v) is 5.90. The average molecular weight is 299 g/mol. The van der Waals surface area contributed by atoms with E-state index in [2.05, 4.69) is 30.3 Å². The van der Waals surface area contributed by atoms with Crippen molar-refractivity contribution >= 4 is 5.91 Å². The molecule has 1 spiro atoms. The molecule has 4 rings (SSSR count). The summed E-state index contributed by atoms with van der Waals surface area (Å²) in [6.07, 6.45) is 5.02. The predicted octanol–water partition coefficient (Wildman–Crippen LogP) is 2.63. The van der Waals surface area contributed by atoms with Crippen molar-refractivity contribution in [1.82, 2.24) is 4.90 Å². The van der Waals surface area contributed by atoms with Gasteiger partial charge in [-0.3, -0.25) is 4.79 Å².